The molecule has 3 atom stereocenters. The van der Waals surface area contributed by atoms with Gasteiger partial charge in [-0.15, -0.1) is 0 Å². The van der Waals surface area contributed by atoms with Gasteiger partial charge in [-0.3, -0.25) is 0 Å². The molecule has 1 N–H and O–H groups in total. The Morgan fingerprint density at radius 1 is 1.20 bits per heavy atom. The van der Waals surface area contributed by atoms with Crippen molar-refractivity contribution in [1.29, 1.82) is 0 Å². The average molecular weight is 211 g/mol. The van der Waals surface area contributed by atoms with Crippen LogP contribution in [0.25, 0.3) is 0 Å². The van der Waals surface area contributed by atoms with Crippen molar-refractivity contribution in [3.8, 4) is 0 Å². The summed E-state index contributed by atoms with van der Waals surface area (Å²) in [6.07, 6.45) is 8.30. The third-order valence-electron chi connectivity index (χ3n) is 3.90. The third kappa shape index (κ3) is 3.76. The van der Waals surface area contributed by atoms with Crippen LogP contribution in [0.1, 0.15) is 45.4 Å². The van der Waals surface area contributed by atoms with E-state index in [9.17, 15) is 0 Å². The van der Waals surface area contributed by atoms with E-state index < -0.39 is 0 Å². The highest BCUT2D eigenvalue weighted by molar-refractivity contribution is 4.76. The van der Waals surface area contributed by atoms with Gasteiger partial charge in [-0.05, 0) is 44.1 Å². The molecule has 0 aromatic carbocycles. The van der Waals surface area contributed by atoms with Crippen molar-refractivity contribution in [3.05, 3.63) is 0 Å². The first-order chi connectivity index (χ1) is 7.34. The van der Waals surface area contributed by atoms with Gasteiger partial charge < -0.3 is 10.1 Å². The number of rotatable bonds is 3. The molecule has 1 aliphatic carbocycles. The van der Waals surface area contributed by atoms with Gasteiger partial charge in [0.1, 0.15) is 0 Å². The Balaban J connectivity index is 1.63. The van der Waals surface area contributed by atoms with E-state index in [2.05, 4.69) is 12.2 Å². The smallest absolute Gasteiger partial charge is 0.0619 e. The quantitative estimate of drug-likeness (QED) is 0.774. The number of nitrogens with one attached hydrogen (secondary N) is 1. The van der Waals surface area contributed by atoms with Gasteiger partial charge in [0.15, 0.2) is 0 Å². The summed E-state index contributed by atoms with van der Waals surface area (Å²) >= 11 is 0. The SMILES string of the molecule is CC1CCCC(CNC2CCCOC2)C1. The van der Waals surface area contributed by atoms with E-state index in [0.29, 0.717) is 6.04 Å². The van der Waals surface area contributed by atoms with Crippen molar-refractivity contribution in [2.24, 2.45) is 11.8 Å². The Morgan fingerprint density at radius 3 is 2.87 bits per heavy atom. The summed E-state index contributed by atoms with van der Waals surface area (Å²) in [7, 11) is 0. The molecule has 0 spiro atoms. The first-order valence-electron chi connectivity index (χ1n) is 6.65. The van der Waals surface area contributed by atoms with Crippen LogP contribution in [0.15, 0.2) is 0 Å². The Bertz CT molecular complexity index is 177. The van der Waals surface area contributed by atoms with Crippen molar-refractivity contribution >= 4 is 0 Å². The molecule has 0 bridgehead atoms. The zero-order valence-electron chi connectivity index (χ0n) is 10.0. The summed E-state index contributed by atoms with van der Waals surface area (Å²) in [6, 6.07) is 0.635. The Hall–Kier alpha value is -0.0800. The molecule has 1 saturated heterocycles. The molecular formula is C13H25NO. The predicted molar refractivity (Wildman–Crippen MR) is 63.0 cm³/mol. The van der Waals surface area contributed by atoms with E-state index in [1.807, 2.05) is 0 Å². The van der Waals surface area contributed by atoms with Crippen LogP contribution >= 0.6 is 0 Å². The molecular weight excluding hydrogens is 186 g/mol. The highest BCUT2D eigenvalue weighted by atomic mass is 16.5. The van der Waals surface area contributed by atoms with Crippen LogP contribution in [0.4, 0.5) is 0 Å². The van der Waals surface area contributed by atoms with Crippen LogP contribution in [-0.2, 0) is 4.74 Å². The van der Waals surface area contributed by atoms with Gasteiger partial charge in [-0.25, -0.2) is 0 Å². The van der Waals surface area contributed by atoms with Crippen molar-refractivity contribution in [2.75, 3.05) is 19.8 Å². The largest absolute Gasteiger partial charge is 0.380 e. The topological polar surface area (TPSA) is 21.3 Å². The van der Waals surface area contributed by atoms with Gasteiger partial charge in [0.05, 0.1) is 6.61 Å². The lowest BCUT2D eigenvalue weighted by atomic mass is 9.82. The molecule has 2 heteroatoms. The zero-order valence-corrected chi connectivity index (χ0v) is 10.0. The van der Waals surface area contributed by atoms with Crippen LogP contribution in [0.3, 0.4) is 0 Å². The molecule has 1 aliphatic heterocycles. The second-order valence-electron chi connectivity index (χ2n) is 5.46. The van der Waals surface area contributed by atoms with Crippen LogP contribution in [0.2, 0.25) is 0 Å². The fourth-order valence-corrected chi connectivity index (χ4v) is 2.98. The molecule has 0 aromatic heterocycles. The molecule has 3 unspecified atom stereocenters. The van der Waals surface area contributed by atoms with E-state index in [-0.39, 0.29) is 0 Å². The van der Waals surface area contributed by atoms with Crippen molar-refractivity contribution < 1.29 is 4.74 Å². The van der Waals surface area contributed by atoms with Gasteiger partial charge in [0, 0.05) is 12.6 Å². The Labute approximate surface area is 93.8 Å². The van der Waals surface area contributed by atoms with Crippen LogP contribution in [0, 0.1) is 11.8 Å². The number of hydrogen-bond donors (Lipinski definition) is 1. The zero-order chi connectivity index (χ0) is 10.5. The lowest BCUT2D eigenvalue weighted by Gasteiger charge is -2.30. The maximum atomic E-state index is 5.48. The molecule has 2 rings (SSSR count). The second-order valence-corrected chi connectivity index (χ2v) is 5.46. The summed E-state index contributed by atoms with van der Waals surface area (Å²) in [6.45, 7) is 5.52. The number of ether oxygens (including phenoxy) is 1. The molecule has 2 aliphatic rings. The standard InChI is InChI=1S/C13H25NO/c1-11-4-2-5-12(8-11)9-14-13-6-3-7-15-10-13/h11-14H,2-10H2,1H3. The maximum absolute atomic E-state index is 5.48. The van der Waals surface area contributed by atoms with Gasteiger partial charge in [-0.1, -0.05) is 19.8 Å². The Kier molecular flexibility index (Phi) is 4.45. The molecule has 88 valence electrons. The first-order valence-corrected chi connectivity index (χ1v) is 6.65. The van der Waals surface area contributed by atoms with Crippen LogP contribution < -0.4 is 5.32 Å². The minimum Gasteiger partial charge on any atom is -0.380 e. The van der Waals surface area contributed by atoms with E-state index in [1.54, 1.807) is 0 Å². The summed E-state index contributed by atoms with van der Waals surface area (Å²) in [5.41, 5.74) is 0. The first kappa shape index (κ1) is 11.4. The molecule has 2 nitrogen and oxygen atoms in total. The van der Waals surface area contributed by atoms with E-state index in [4.69, 9.17) is 4.74 Å². The fourth-order valence-electron chi connectivity index (χ4n) is 2.98. The lowest BCUT2D eigenvalue weighted by Crippen LogP contribution is -2.40. The monoisotopic (exact) mass is 211 g/mol. The van der Waals surface area contributed by atoms with E-state index in [0.717, 1.165) is 25.0 Å². The van der Waals surface area contributed by atoms with E-state index >= 15 is 0 Å². The third-order valence-corrected chi connectivity index (χ3v) is 3.90. The highest BCUT2D eigenvalue weighted by Gasteiger charge is 2.20. The summed E-state index contributed by atoms with van der Waals surface area (Å²) in [5.74, 6) is 1.88. The maximum Gasteiger partial charge on any atom is 0.0619 e. The van der Waals surface area contributed by atoms with Gasteiger partial charge in [-0.2, -0.15) is 0 Å². The van der Waals surface area contributed by atoms with Crippen molar-refractivity contribution in [1.82, 2.24) is 5.32 Å². The molecule has 2 fully saturated rings. The second kappa shape index (κ2) is 5.86. The van der Waals surface area contributed by atoms with Crippen molar-refractivity contribution in [2.45, 2.75) is 51.5 Å². The van der Waals surface area contributed by atoms with Crippen molar-refractivity contribution in [3.63, 3.8) is 0 Å². The molecule has 1 saturated carbocycles. The van der Waals surface area contributed by atoms with Gasteiger partial charge >= 0.3 is 0 Å². The van der Waals surface area contributed by atoms with Gasteiger partial charge in [0.25, 0.3) is 0 Å². The fraction of sp³-hybridized carbons (Fsp3) is 1.00. The molecule has 0 radical (unpaired) electrons. The van der Waals surface area contributed by atoms with Gasteiger partial charge in [0.2, 0.25) is 0 Å². The minimum atomic E-state index is 0.635. The Morgan fingerprint density at radius 2 is 2.13 bits per heavy atom. The molecule has 0 aromatic rings. The average Bonchev–Trinajstić information content (AvgIpc) is 2.28. The summed E-state index contributed by atoms with van der Waals surface area (Å²) < 4.78 is 5.48. The van der Waals surface area contributed by atoms with Crippen LogP contribution in [-0.4, -0.2) is 25.8 Å². The summed E-state index contributed by atoms with van der Waals surface area (Å²) in [4.78, 5) is 0. The predicted octanol–water partition coefficient (Wildman–Crippen LogP) is 2.58. The lowest BCUT2D eigenvalue weighted by molar-refractivity contribution is 0.0678. The molecule has 15 heavy (non-hydrogen) atoms. The normalized spacial score (nSPS) is 37.8. The van der Waals surface area contributed by atoms with Crippen LogP contribution in [0.5, 0.6) is 0 Å². The van der Waals surface area contributed by atoms with E-state index in [1.165, 1.54) is 45.1 Å². The molecule has 0 amide bonds. The summed E-state index contributed by atoms with van der Waals surface area (Å²) in [5, 5.41) is 3.69. The highest BCUT2D eigenvalue weighted by Crippen LogP contribution is 2.28. The minimum absolute atomic E-state index is 0.635. The molecule has 1 heterocycles. The number of hydrogen-bond acceptors (Lipinski definition) is 2.